The average molecular weight is 513 g/mol. The van der Waals surface area contributed by atoms with Crippen LogP contribution in [0.3, 0.4) is 0 Å². The summed E-state index contributed by atoms with van der Waals surface area (Å²) in [7, 11) is 4.68. The van der Waals surface area contributed by atoms with Crippen molar-refractivity contribution in [3.63, 3.8) is 0 Å². The molecule has 1 aliphatic heterocycles. The number of amides is 2. The van der Waals surface area contributed by atoms with Crippen LogP contribution in [0.15, 0.2) is 65.6 Å². The number of benzene rings is 3. The summed E-state index contributed by atoms with van der Waals surface area (Å²) in [4.78, 5) is 28.9. The number of rotatable bonds is 7. The molecule has 1 atom stereocenters. The van der Waals surface area contributed by atoms with Crippen LogP contribution >= 0.6 is 23.4 Å². The van der Waals surface area contributed by atoms with Gasteiger partial charge in [0.2, 0.25) is 11.8 Å². The highest BCUT2D eigenvalue weighted by atomic mass is 35.5. The van der Waals surface area contributed by atoms with Gasteiger partial charge in [-0.1, -0.05) is 29.8 Å². The summed E-state index contributed by atoms with van der Waals surface area (Å²) in [6, 6.07) is 18.2. The Morgan fingerprint density at radius 2 is 1.71 bits per heavy atom. The third-order valence-electron chi connectivity index (χ3n) is 5.60. The molecule has 0 aromatic heterocycles. The Morgan fingerprint density at radius 3 is 2.46 bits per heavy atom. The number of halogens is 1. The lowest BCUT2D eigenvalue weighted by molar-refractivity contribution is -0.121. The number of thioether (sulfide) groups is 1. The minimum atomic E-state index is -0.358. The average Bonchev–Trinajstić information content (AvgIpc) is 3.00. The number of nitrogens with zero attached hydrogens (tertiary/aromatic N) is 1. The van der Waals surface area contributed by atoms with Crippen molar-refractivity contribution in [1.29, 1.82) is 0 Å². The van der Waals surface area contributed by atoms with Crippen LogP contribution in [0.5, 0.6) is 17.2 Å². The maximum Gasteiger partial charge on any atom is 0.244 e. The number of anilines is 2. The largest absolute Gasteiger partial charge is 0.495 e. The zero-order chi connectivity index (χ0) is 24.9. The fourth-order valence-electron chi connectivity index (χ4n) is 3.90. The van der Waals surface area contributed by atoms with Gasteiger partial charge in [0, 0.05) is 21.6 Å². The van der Waals surface area contributed by atoms with Crippen molar-refractivity contribution < 1.29 is 23.8 Å². The normalized spacial score (nSPS) is 15.1. The summed E-state index contributed by atoms with van der Waals surface area (Å²) in [5.41, 5.74) is 2.07. The second-order valence-corrected chi connectivity index (χ2v) is 9.45. The zero-order valence-electron chi connectivity index (χ0n) is 19.5. The van der Waals surface area contributed by atoms with Crippen molar-refractivity contribution in [2.45, 2.75) is 16.6 Å². The van der Waals surface area contributed by atoms with E-state index in [9.17, 15) is 9.59 Å². The maximum absolute atomic E-state index is 13.4. The van der Waals surface area contributed by atoms with E-state index in [1.807, 2.05) is 42.5 Å². The Hall–Kier alpha value is -3.36. The van der Waals surface area contributed by atoms with E-state index in [0.717, 1.165) is 10.5 Å². The molecule has 0 aliphatic carbocycles. The number of carbonyl (C=O) groups excluding carboxylic acids is 2. The van der Waals surface area contributed by atoms with Crippen molar-refractivity contribution >= 4 is 46.6 Å². The SMILES string of the molecule is COc1ccc(Cl)cc1NC(=O)CN1C(=O)C[C@@H](c2ccc(OC)c(OC)c2)Sc2ccccc21. The van der Waals surface area contributed by atoms with Crippen molar-refractivity contribution in [2.24, 2.45) is 0 Å². The Balaban J connectivity index is 1.60. The first-order chi connectivity index (χ1) is 16.9. The number of fused-ring (bicyclic) bond motifs is 1. The van der Waals surface area contributed by atoms with E-state index in [-0.39, 0.29) is 30.0 Å². The molecule has 0 saturated carbocycles. The molecule has 3 aromatic carbocycles. The molecule has 0 bridgehead atoms. The second-order valence-electron chi connectivity index (χ2n) is 7.77. The lowest BCUT2D eigenvalue weighted by atomic mass is 10.1. The smallest absolute Gasteiger partial charge is 0.244 e. The van der Waals surface area contributed by atoms with Gasteiger partial charge < -0.3 is 24.4 Å². The van der Waals surface area contributed by atoms with Crippen LogP contribution in [-0.2, 0) is 9.59 Å². The van der Waals surface area contributed by atoms with E-state index >= 15 is 0 Å². The van der Waals surface area contributed by atoms with Crippen LogP contribution in [0, 0.1) is 0 Å². The summed E-state index contributed by atoms with van der Waals surface area (Å²) < 4.78 is 16.1. The Labute approximate surface area is 213 Å². The third-order valence-corrected chi connectivity index (χ3v) is 7.16. The lowest BCUT2D eigenvalue weighted by Crippen LogP contribution is -2.38. The molecule has 2 amide bonds. The number of hydrogen-bond donors (Lipinski definition) is 1. The molecule has 182 valence electrons. The van der Waals surface area contributed by atoms with Gasteiger partial charge in [0.25, 0.3) is 0 Å². The van der Waals surface area contributed by atoms with Crippen LogP contribution in [0.25, 0.3) is 0 Å². The molecule has 0 fully saturated rings. The monoisotopic (exact) mass is 512 g/mol. The van der Waals surface area contributed by atoms with E-state index in [0.29, 0.717) is 33.6 Å². The first kappa shape index (κ1) is 24.8. The van der Waals surface area contributed by atoms with E-state index < -0.39 is 0 Å². The fraction of sp³-hybridized carbons (Fsp3) is 0.231. The van der Waals surface area contributed by atoms with Crippen molar-refractivity contribution in [1.82, 2.24) is 0 Å². The molecule has 3 aromatic rings. The number of methoxy groups -OCH3 is 3. The molecule has 0 saturated heterocycles. The Kier molecular flexibility index (Phi) is 7.73. The van der Waals surface area contributed by atoms with E-state index in [2.05, 4.69) is 5.32 Å². The van der Waals surface area contributed by atoms with Gasteiger partial charge in [-0.3, -0.25) is 9.59 Å². The quantitative estimate of drug-likeness (QED) is 0.445. The molecule has 7 nitrogen and oxygen atoms in total. The first-order valence-electron chi connectivity index (χ1n) is 10.8. The molecule has 0 radical (unpaired) electrons. The van der Waals surface area contributed by atoms with Gasteiger partial charge in [0.1, 0.15) is 12.3 Å². The summed E-state index contributed by atoms with van der Waals surface area (Å²) in [6.07, 6.45) is 0.211. The molecule has 1 N–H and O–H groups in total. The summed E-state index contributed by atoms with van der Waals surface area (Å²) in [5.74, 6) is 1.19. The van der Waals surface area contributed by atoms with Gasteiger partial charge in [0.15, 0.2) is 11.5 Å². The van der Waals surface area contributed by atoms with Gasteiger partial charge >= 0.3 is 0 Å². The van der Waals surface area contributed by atoms with Crippen molar-refractivity contribution in [3.05, 3.63) is 71.2 Å². The van der Waals surface area contributed by atoms with Gasteiger partial charge in [-0.25, -0.2) is 0 Å². The molecule has 0 spiro atoms. The van der Waals surface area contributed by atoms with Crippen LogP contribution < -0.4 is 24.4 Å². The highest BCUT2D eigenvalue weighted by Crippen LogP contribution is 2.46. The molecule has 0 unspecified atom stereocenters. The minimum absolute atomic E-state index is 0.148. The number of para-hydroxylation sites is 1. The highest BCUT2D eigenvalue weighted by molar-refractivity contribution is 7.99. The predicted molar refractivity (Wildman–Crippen MR) is 138 cm³/mol. The van der Waals surface area contributed by atoms with Crippen molar-refractivity contribution in [2.75, 3.05) is 38.1 Å². The van der Waals surface area contributed by atoms with Crippen LogP contribution in [0.1, 0.15) is 17.2 Å². The molecule has 1 heterocycles. The van der Waals surface area contributed by atoms with E-state index in [4.69, 9.17) is 25.8 Å². The van der Waals surface area contributed by atoms with Gasteiger partial charge in [0.05, 0.1) is 32.7 Å². The fourth-order valence-corrected chi connectivity index (χ4v) is 5.34. The van der Waals surface area contributed by atoms with E-state index in [1.54, 1.807) is 44.2 Å². The Morgan fingerprint density at radius 1 is 1.00 bits per heavy atom. The first-order valence-corrected chi connectivity index (χ1v) is 12.1. The topological polar surface area (TPSA) is 77.1 Å². The molecule has 35 heavy (non-hydrogen) atoms. The predicted octanol–water partition coefficient (Wildman–Crippen LogP) is 5.57. The van der Waals surface area contributed by atoms with Crippen LogP contribution in [0.4, 0.5) is 11.4 Å². The summed E-state index contributed by atoms with van der Waals surface area (Å²) >= 11 is 7.67. The molecule has 1 aliphatic rings. The number of hydrogen-bond acceptors (Lipinski definition) is 6. The maximum atomic E-state index is 13.4. The van der Waals surface area contributed by atoms with Gasteiger partial charge in [-0.2, -0.15) is 0 Å². The number of ether oxygens (including phenoxy) is 3. The van der Waals surface area contributed by atoms with Crippen LogP contribution in [0.2, 0.25) is 5.02 Å². The highest BCUT2D eigenvalue weighted by Gasteiger charge is 2.31. The van der Waals surface area contributed by atoms with Gasteiger partial charge in [-0.05, 0) is 48.0 Å². The summed E-state index contributed by atoms with van der Waals surface area (Å²) in [6.45, 7) is -0.148. The molecular formula is C26H25ClN2O5S. The Bertz CT molecular complexity index is 1250. The molecular weight excluding hydrogens is 488 g/mol. The van der Waals surface area contributed by atoms with Crippen LogP contribution in [-0.4, -0.2) is 39.7 Å². The van der Waals surface area contributed by atoms with Crippen molar-refractivity contribution in [3.8, 4) is 17.2 Å². The number of nitrogens with one attached hydrogen (secondary N) is 1. The minimum Gasteiger partial charge on any atom is -0.495 e. The van der Waals surface area contributed by atoms with E-state index in [1.165, 1.54) is 12.0 Å². The van der Waals surface area contributed by atoms with Gasteiger partial charge in [-0.15, -0.1) is 11.8 Å². The third kappa shape index (κ3) is 5.49. The summed E-state index contributed by atoms with van der Waals surface area (Å²) in [5, 5.41) is 3.11. The zero-order valence-corrected chi connectivity index (χ0v) is 21.1. The molecule has 4 rings (SSSR count). The number of carbonyl (C=O) groups is 2. The lowest BCUT2D eigenvalue weighted by Gasteiger charge is -2.22. The standard InChI is InChI=1S/C26H25ClN2O5S/c1-32-20-11-9-17(27)13-18(20)28-25(30)15-29-19-6-4-5-7-23(19)35-24(14-26(29)31)16-8-10-21(33-2)22(12-16)34-3/h4-13,24H,14-15H2,1-3H3,(H,28,30)/t24-/m0/s1. The second kappa shape index (κ2) is 10.9. The molecule has 9 heteroatoms.